The summed E-state index contributed by atoms with van der Waals surface area (Å²) in [7, 11) is 0. The van der Waals surface area contributed by atoms with E-state index in [4.69, 9.17) is 0 Å². The van der Waals surface area contributed by atoms with Crippen molar-refractivity contribution in [3.63, 3.8) is 0 Å². The van der Waals surface area contributed by atoms with Crippen molar-refractivity contribution in [2.24, 2.45) is 0 Å². The maximum absolute atomic E-state index is 12.6. The van der Waals surface area contributed by atoms with Gasteiger partial charge >= 0.3 is 0 Å². The predicted octanol–water partition coefficient (Wildman–Crippen LogP) is 2.35. The van der Waals surface area contributed by atoms with Gasteiger partial charge in [0.25, 0.3) is 5.91 Å². The highest BCUT2D eigenvalue weighted by molar-refractivity contribution is 5.94. The summed E-state index contributed by atoms with van der Waals surface area (Å²) in [6.07, 6.45) is 2.42. The van der Waals surface area contributed by atoms with Crippen molar-refractivity contribution in [2.75, 3.05) is 19.6 Å². The Morgan fingerprint density at radius 1 is 1.07 bits per heavy atom. The summed E-state index contributed by atoms with van der Waals surface area (Å²) in [5, 5.41) is 14.2. The fourth-order valence-electron chi connectivity index (χ4n) is 3.31. The molecule has 0 radical (unpaired) electrons. The van der Waals surface area contributed by atoms with Crippen LogP contribution >= 0.6 is 0 Å². The van der Waals surface area contributed by atoms with E-state index in [0.29, 0.717) is 12.1 Å². The zero-order valence-corrected chi connectivity index (χ0v) is 16.3. The minimum Gasteiger partial charge on any atom is -0.350 e. The molecule has 0 spiro atoms. The number of carbonyl (C=O) groups excluding carboxylic acids is 1. The van der Waals surface area contributed by atoms with Crippen LogP contribution in [0.15, 0.2) is 60.9 Å². The molecule has 28 heavy (non-hydrogen) atoms. The van der Waals surface area contributed by atoms with Crippen LogP contribution in [0.2, 0.25) is 0 Å². The Hall–Kier alpha value is -3.06. The molecular weight excluding hydrogens is 352 g/mol. The first-order valence-corrected chi connectivity index (χ1v) is 9.60. The highest BCUT2D eigenvalue weighted by Crippen LogP contribution is 2.10. The Morgan fingerprint density at radius 3 is 2.39 bits per heavy atom. The molecule has 7 nitrogen and oxygen atoms in total. The Balaban J connectivity index is 1.64. The molecule has 1 N–H and O–H groups in total. The Labute approximate surface area is 165 Å². The van der Waals surface area contributed by atoms with Crippen LogP contribution in [0.1, 0.15) is 29.8 Å². The third kappa shape index (κ3) is 5.01. The van der Waals surface area contributed by atoms with Crippen LogP contribution in [0.4, 0.5) is 0 Å². The van der Waals surface area contributed by atoms with Gasteiger partial charge in [-0.05, 0) is 59.8 Å². The summed E-state index contributed by atoms with van der Waals surface area (Å²) in [4.78, 5) is 15.0. The Kier molecular flexibility index (Phi) is 6.86. The molecule has 1 unspecified atom stereocenters. The molecule has 1 aromatic heterocycles. The number of tetrazole rings is 1. The summed E-state index contributed by atoms with van der Waals surface area (Å²) in [5.41, 5.74) is 2.71. The van der Waals surface area contributed by atoms with Crippen molar-refractivity contribution < 1.29 is 4.79 Å². The van der Waals surface area contributed by atoms with Gasteiger partial charge in [-0.15, -0.1) is 5.10 Å². The maximum atomic E-state index is 12.6. The number of likely N-dealkylation sites (N-methyl/N-ethyl adjacent to an activating group) is 1. The number of rotatable bonds is 9. The minimum atomic E-state index is -0.0755. The Morgan fingerprint density at radius 2 is 1.79 bits per heavy atom. The van der Waals surface area contributed by atoms with Crippen LogP contribution in [0.3, 0.4) is 0 Å². The van der Waals surface area contributed by atoms with Gasteiger partial charge in [0, 0.05) is 18.2 Å². The first-order chi connectivity index (χ1) is 13.7. The molecule has 0 aliphatic rings. The zero-order chi connectivity index (χ0) is 19.8. The standard InChI is InChI=1S/C21H26N6O/c1-3-26(4-2)20(14-17-8-6-5-7-9-17)15-22-21(28)18-10-12-19(13-11-18)27-16-23-24-25-27/h5-13,16,20H,3-4,14-15H2,1-2H3,(H,22,28). The maximum Gasteiger partial charge on any atom is 0.251 e. The number of nitrogens with zero attached hydrogens (tertiary/aromatic N) is 5. The molecule has 0 aliphatic carbocycles. The second-order valence-corrected chi connectivity index (χ2v) is 6.58. The Bertz CT molecular complexity index is 844. The molecule has 1 amide bonds. The molecule has 3 rings (SSSR count). The SMILES string of the molecule is CCN(CC)C(CNC(=O)c1ccc(-n2cnnn2)cc1)Cc1ccccc1. The smallest absolute Gasteiger partial charge is 0.251 e. The topological polar surface area (TPSA) is 75.9 Å². The van der Waals surface area contributed by atoms with Gasteiger partial charge in [-0.3, -0.25) is 9.69 Å². The van der Waals surface area contributed by atoms with Gasteiger partial charge in [-0.2, -0.15) is 0 Å². The molecule has 3 aromatic rings. The molecule has 1 atom stereocenters. The molecule has 2 aromatic carbocycles. The summed E-state index contributed by atoms with van der Waals surface area (Å²) in [6.45, 7) is 6.81. The average Bonchev–Trinajstić information content (AvgIpc) is 3.28. The normalized spacial score (nSPS) is 12.1. The summed E-state index contributed by atoms with van der Waals surface area (Å²) >= 11 is 0. The van der Waals surface area contributed by atoms with Crippen molar-refractivity contribution in [1.82, 2.24) is 30.4 Å². The molecule has 0 aliphatic heterocycles. The number of hydrogen-bond acceptors (Lipinski definition) is 5. The molecule has 7 heteroatoms. The number of aromatic nitrogens is 4. The third-order valence-electron chi connectivity index (χ3n) is 4.88. The molecule has 0 saturated heterocycles. The first-order valence-electron chi connectivity index (χ1n) is 9.60. The summed E-state index contributed by atoms with van der Waals surface area (Å²) in [5.74, 6) is -0.0755. The van der Waals surface area contributed by atoms with E-state index in [-0.39, 0.29) is 11.9 Å². The van der Waals surface area contributed by atoms with Gasteiger partial charge < -0.3 is 5.32 Å². The summed E-state index contributed by atoms with van der Waals surface area (Å²) in [6, 6.07) is 17.9. The van der Waals surface area contributed by atoms with E-state index >= 15 is 0 Å². The highest BCUT2D eigenvalue weighted by atomic mass is 16.1. The highest BCUT2D eigenvalue weighted by Gasteiger charge is 2.18. The third-order valence-corrected chi connectivity index (χ3v) is 4.88. The van der Waals surface area contributed by atoms with E-state index in [1.54, 1.807) is 16.8 Å². The average molecular weight is 378 g/mol. The molecule has 146 valence electrons. The second-order valence-electron chi connectivity index (χ2n) is 6.58. The van der Waals surface area contributed by atoms with E-state index in [9.17, 15) is 4.79 Å². The van der Waals surface area contributed by atoms with E-state index in [0.717, 1.165) is 25.2 Å². The molecule has 0 fully saturated rings. The first kappa shape index (κ1) is 19.7. The van der Waals surface area contributed by atoms with Gasteiger partial charge in [0.05, 0.1) is 5.69 Å². The summed E-state index contributed by atoms with van der Waals surface area (Å²) < 4.78 is 1.55. The number of nitrogens with one attached hydrogen (secondary N) is 1. The lowest BCUT2D eigenvalue weighted by Crippen LogP contribution is -2.45. The van der Waals surface area contributed by atoms with E-state index in [1.165, 1.54) is 11.9 Å². The fraction of sp³-hybridized carbons (Fsp3) is 0.333. The van der Waals surface area contributed by atoms with Crippen LogP contribution in [0, 0.1) is 0 Å². The van der Waals surface area contributed by atoms with Gasteiger partial charge in [-0.1, -0.05) is 44.2 Å². The number of carbonyl (C=O) groups is 1. The number of hydrogen-bond donors (Lipinski definition) is 1. The molecule has 0 saturated carbocycles. The largest absolute Gasteiger partial charge is 0.350 e. The lowest BCUT2D eigenvalue weighted by Gasteiger charge is -2.30. The van der Waals surface area contributed by atoms with Crippen LogP contribution in [-0.4, -0.2) is 56.7 Å². The van der Waals surface area contributed by atoms with Crippen molar-refractivity contribution in [3.05, 3.63) is 72.1 Å². The van der Waals surface area contributed by atoms with Gasteiger partial charge in [-0.25, -0.2) is 4.68 Å². The van der Waals surface area contributed by atoms with Crippen LogP contribution in [0.25, 0.3) is 5.69 Å². The zero-order valence-electron chi connectivity index (χ0n) is 16.3. The van der Waals surface area contributed by atoms with Gasteiger partial charge in [0.2, 0.25) is 0 Å². The lowest BCUT2D eigenvalue weighted by molar-refractivity contribution is 0.0934. The van der Waals surface area contributed by atoms with Crippen LogP contribution in [-0.2, 0) is 6.42 Å². The second kappa shape index (κ2) is 9.75. The van der Waals surface area contributed by atoms with Crippen LogP contribution < -0.4 is 5.32 Å². The fourth-order valence-corrected chi connectivity index (χ4v) is 3.31. The van der Waals surface area contributed by atoms with Gasteiger partial charge in [0.1, 0.15) is 6.33 Å². The molecular formula is C21H26N6O. The monoisotopic (exact) mass is 378 g/mol. The quantitative estimate of drug-likeness (QED) is 0.619. The lowest BCUT2D eigenvalue weighted by atomic mass is 10.0. The van der Waals surface area contributed by atoms with Crippen molar-refractivity contribution >= 4 is 5.91 Å². The molecule has 0 bridgehead atoms. The number of amides is 1. The van der Waals surface area contributed by atoms with Crippen LogP contribution in [0.5, 0.6) is 0 Å². The van der Waals surface area contributed by atoms with E-state index < -0.39 is 0 Å². The van der Waals surface area contributed by atoms with Crippen molar-refractivity contribution in [2.45, 2.75) is 26.3 Å². The minimum absolute atomic E-state index is 0.0755. The predicted molar refractivity (Wildman–Crippen MR) is 108 cm³/mol. The molecule has 1 heterocycles. The van der Waals surface area contributed by atoms with E-state index in [2.05, 4.69) is 63.9 Å². The van der Waals surface area contributed by atoms with E-state index in [1.807, 2.05) is 18.2 Å². The van der Waals surface area contributed by atoms with Gasteiger partial charge in [0.15, 0.2) is 0 Å². The van der Waals surface area contributed by atoms with Crippen molar-refractivity contribution in [1.29, 1.82) is 0 Å². The van der Waals surface area contributed by atoms with Crippen molar-refractivity contribution in [3.8, 4) is 5.69 Å². The number of benzene rings is 2.